The Morgan fingerprint density at radius 1 is 1.50 bits per heavy atom. The van der Waals surface area contributed by atoms with Crippen molar-refractivity contribution in [2.75, 3.05) is 12.4 Å². The monoisotopic (exact) mass is 245 g/mol. The van der Waals surface area contributed by atoms with E-state index in [-0.39, 0.29) is 17.3 Å². The maximum Gasteiger partial charge on any atom is 0.305 e. The Hall–Kier alpha value is -0.710. The maximum atomic E-state index is 11.0. The highest BCUT2D eigenvalue weighted by Crippen LogP contribution is 2.20. The Balaban J connectivity index is 1.92. The summed E-state index contributed by atoms with van der Waals surface area (Å²) in [6.07, 6.45) is 4.46. The van der Waals surface area contributed by atoms with Crippen LogP contribution < -0.4 is 5.32 Å². The maximum absolute atomic E-state index is 11.0. The standard InChI is InChI=1S/C11H19NO3S/c1-2-15-11(14)7-5-3-4-6-10-12-9(13)8-16-10/h10H,2-8H2,1H3,(H,12,13). The van der Waals surface area contributed by atoms with Crippen LogP contribution in [0, 0.1) is 0 Å². The van der Waals surface area contributed by atoms with Gasteiger partial charge in [0.05, 0.1) is 17.7 Å². The van der Waals surface area contributed by atoms with Crippen molar-refractivity contribution < 1.29 is 14.3 Å². The molecule has 0 bridgehead atoms. The molecular formula is C11H19NO3S. The molecule has 0 spiro atoms. The van der Waals surface area contributed by atoms with Gasteiger partial charge >= 0.3 is 5.97 Å². The molecule has 0 aromatic rings. The highest BCUT2D eigenvalue weighted by atomic mass is 32.2. The lowest BCUT2D eigenvalue weighted by molar-refractivity contribution is -0.143. The number of carbonyl (C=O) groups excluding carboxylic acids is 2. The topological polar surface area (TPSA) is 55.4 Å². The van der Waals surface area contributed by atoms with Crippen molar-refractivity contribution in [3.05, 3.63) is 0 Å². The number of carbonyl (C=O) groups is 2. The lowest BCUT2D eigenvalue weighted by Crippen LogP contribution is -2.24. The highest BCUT2D eigenvalue weighted by molar-refractivity contribution is 8.01. The van der Waals surface area contributed by atoms with E-state index in [2.05, 4.69) is 5.32 Å². The lowest BCUT2D eigenvalue weighted by Gasteiger charge is -2.08. The molecule has 1 heterocycles. The largest absolute Gasteiger partial charge is 0.466 e. The van der Waals surface area contributed by atoms with Gasteiger partial charge in [0, 0.05) is 6.42 Å². The first kappa shape index (κ1) is 13.4. The quantitative estimate of drug-likeness (QED) is 0.548. The van der Waals surface area contributed by atoms with E-state index >= 15 is 0 Å². The summed E-state index contributed by atoms with van der Waals surface area (Å²) in [5.41, 5.74) is 0. The minimum atomic E-state index is -0.106. The second kappa shape index (κ2) is 7.54. The summed E-state index contributed by atoms with van der Waals surface area (Å²) < 4.78 is 4.84. The molecule has 1 aliphatic heterocycles. The minimum Gasteiger partial charge on any atom is -0.466 e. The van der Waals surface area contributed by atoms with E-state index < -0.39 is 0 Å². The lowest BCUT2D eigenvalue weighted by atomic mass is 10.1. The van der Waals surface area contributed by atoms with Crippen molar-refractivity contribution in [2.24, 2.45) is 0 Å². The summed E-state index contributed by atoms with van der Waals surface area (Å²) in [5, 5.41) is 3.19. The zero-order valence-electron chi connectivity index (χ0n) is 9.66. The molecule has 92 valence electrons. The molecule has 1 rings (SSSR count). The van der Waals surface area contributed by atoms with Gasteiger partial charge in [0.1, 0.15) is 0 Å². The van der Waals surface area contributed by atoms with Crippen molar-refractivity contribution in [3.8, 4) is 0 Å². The van der Waals surface area contributed by atoms with Crippen molar-refractivity contribution >= 4 is 23.6 Å². The Morgan fingerprint density at radius 2 is 2.31 bits per heavy atom. The number of rotatable bonds is 7. The van der Waals surface area contributed by atoms with Crippen LogP contribution in [0.3, 0.4) is 0 Å². The predicted octanol–water partition coefficient (Wildman–Crippen LogP) is 1.69. The number of esters is 1. The molecule has 1 atom stereocenters. The summed E-state index contributed by atoms with van der Waals surface area (Å²) in [6.45, 7) is 2.28. The van der Waals surface area contributed by atoms with E-state index in [9.17, 15) is 9.59 Å². The van der Waals surface area contributed by atoms with Gasteiger partial charge < -0.3 is 10.1 Å². The average molecular weight is 245 g/mol. The number of hydrogen-bond acceptors (Lipinski definition) is 4. The number of unbranched alkanes of at least 4 members (excludes halogenated alkanes) is 2. The third-order valence-electron chi connectivity index (χ3n) is 2.39. The molecule has 1 unspecified atom stereocenters. The van der Waals surface area contributed by atoms with Crippen molar-refractivity contribution in [1.29, 1.82) is 0 Å². The minimum absolute atomic E-state index is 0.106. The Morgan fingerprint density at radius 3 is 2.94 bits per heavy atom. The van der Waals surface area contributed by atoms with Crippen LogP contribution in [0.5, 0.6) is 0 Å². The molecule has 1 saturated heterocycles. The van der Waals surface area contributed by atoms with Gasteiger partial charge in [-0.3, -0.25) is 9.59 Å². The van der Waals surface area contributed by atoms with Crippen LogP contribution in [0.4, 0.5) is 0 Å². The van der Waals surface area contributed by atoms with Crippen LogP contribution in [0.15, 0.2) is 0 Å². The van der Waals surface area contributed by atoms with Crippen LogP contribution in [-0.2, 0) is 14.3 Å². The molecular weight excluding hydrogens is 226 g/mol. The molecule has 4 nitrogen and oxygen atoms in total. The van der Waals surface area contributed by atoms with Crippen molar-refractivity contribution in [3.63, 3.8) is 0 Å². The van der Waals surface area contributed by atoms with Crippen LogP contribution in [-0.4, -0.2) is 29.6 Å². The Kier molecular flexibility index (Phi) is 6.30. The van der Waals surface area contributed by atoms with Gasteiger partial charge in [-0.05, 0) is 19.8 Å². The second-order valence-electron chi connectivity index (χ2n) is 3.77. The summed E-state index contributed by atoms with van der Waals surface area (Å²) in [5.74, 6) is 0.626. The van der Waals surface area contributed by atoms with Gasteiger partial charge in [-0.1, -0.05) is 12.8 Å². The first-order valence-corrected chi connectivity index (χ1v) is 6.84. The normalized spacial score (nSPS) is 19.6. The van der Waals surface area contributed by atoms with Gasteiger partial charge in [0.25, 0.3) is 0 Å². The Bertz CT molecular complexity index is 245. The molecule has 5 heteroatoms. The third-order valence-corrected chi connectivity index (χ3v) is 3.57. The number of ether oxygens (including phenoxy) is 1. The smallest absolute Gasteiger partial charge is 0.305 e. The van der Waals surface area contributed by atoms with E-state index in [4.69, 9.17) is 4.74 Å². The molecule has 0 aromatic carbocycles. The van der Waals surface area contributed by atoms with Gasteiger partial charge in [-0.25, -0.2) is 0 Å². The predicted molar refractivity (Wildman–Crippen MR) is 64.1 cm³/mol. The SMILES string of the molecule is CCOC(=O)CCCCCC1NC(=O)CS1. The van der Waals surface area contributed by atoms with E-state index in [1.807, 2.05) is 6.92 Å². The molecule has 1 N–H and O–H groups in total. The van der Waals surface area contributed by atoms with E-state index in [1.165, 1.54) is 0 Å². The zero-order valence-corrected chi connectivity index (χ0v) is 10.5. The third kappa shape index (κ3) is 5.39. The summed E-state index contributed by atoms with van der Waals surface area (Å²) in [6, 6.07) is 0. The first-order chi connectivity index (χ1) is 7.72. The van der Waals surface area contributed by atoms with Gasteiger partial charge in [0.15, 0.2) is 0 Å². The summed E-state index contributed by atoms with van der Waals surface area (Å²) >= 11 is 1.67. The zero-order chi connectivity index (χ0) is 11.8. The molecule has 0 aliphatic carbocycles. The fourth-order valence-electron chi connectivity index (χ4n) is 1.60. The fraction of sp³-hybridized carbons (Fsp3) is 0.818. The molecule has 1 aliphatic rings. The molecule has 1 fully saturated rings. The number of amides is 1. The van der Waals surface area contributed by atoms with E-state index in [0.29, 0.717) is 18.8 Å². The van der Waals surface area contributed by atoms with Gasteiger partial charge in [-0.15, -0.1) is 11.8 Å². The molecule has 1 amide bonds. The number of thioether (sulfide) groups is 1. The molecule has 0 saturated carbocycles. The molecule has 0 aromatic heterocycles. The van der Waals surface area contributed by atoms with E-state index in [1.54, 1.807) is 11.8 Å². The van der Waals surface area contributed by atoms with Crippen LogP contribution in [0.1, 0.15) is 39.0 Å². The highest BCUT2D eigenvalue weighted by Gasteiger charge is 2.20. The van der Waals surface area contributed by atoms with Gasteiger partial charge in [0.2, 0.25) is 5.91 Å². The summed E-state index contributed by atoms with van der Waals surface area (Å²) in [7, 11) is 0. The molecule has 16 heavy (non-hydrogen) atoms. The number of nitrogens with one attached hydrogen (secondary N) is 1. The van der Waals surface area contributed by atoms with Gasteiger partial charge in [-0.2, -0.15) is 0 Å². The van der Waals surface area contributed by atoms with Crippen LogP contribution in [0.2, 0.25) is 0 Å². The van der Waals surface area contributed by atoms with E-state index in [0.717, 1.165) is 25.7 Å². The first-order valence-electron chi connectivity index (χ1n) is 5.79. The summed E-state index contributed by atoms with van der Waals surface area (Å²) in [4.78, 5) is 21.9. The number of hydrogen-bond donors (Lipinski definition) is 1. The Labute approximate surface area is 100 Å². The van der Waals surface area contributed by atoms with Crippen LogP contribution >= 0.6 is 11.8 Å². The second-order valence-corrected chi connectivity index (χ2v) is 4.96. The average Bonchev–Trinajstić information content (AvgIpc) is 2.64. The van der Waals surface area contributed by atoms with Crippen LogP contribution in [0.25, 0.3) is 0 Å². The van der Waals surface area contributed by atoms with Crippen molar-refractivity contribution in [2.45, 2.75) is 44.4 Å². The fourth-order valence-corrected chi connectivity index (χ4v) is 2.59. The van der Waals surface area contributed by atoms with Crippen molar-refractivity contribution in [1.82, 2.24) is 5.32 Å². The molecule has 0 radical (unpaired) electrons.